The van der Waals surface area contributed by atoms with Crippen LogP contribution >= 0.6 is 23.4 Å². The molecule has 8 nitrogen and oxygen atoms in total. The van der Waals surface area contributed by atoms with Gasteiger partial charge in [0.05, 0.1) is 22.4 Å². The second-order valence-electron chi connectivity index (χ2n) is 10.8. The third kappa shape index (κ3) is 5.79. The highest BCUT2D eigenvalue weighted by Crippen LogP contribution is 2.49. The molecule has 4 aromatic rings. The Morgan fingerprint density at radius 2 is 1.56 bits per heavy atom. The van der Waals surface area contributed by atoms with Crippen LogP contribution in [0.1, 0.15) is 28.9 Å². The number of hydrogen-bond donors (Lipinski definition) is 0. The van der Waals surface area contributed by atoms with Gasteiger partial charge in [0.1, 0.15) is 12.4 Å². The fourth-order valence-electron chi connectivity index (χ4n) is 5.63. The number of amides is 3. The van der Waals surface area contributed by atoms with Crippen LogP contribution in [-0.4, -0.2) is 75.8 Å². The highest BCUT2D eigenvalue weighted by atomic mass is 35.5. The molecule has 0 N–H and O–H groups in total. The first kappa shape index (κ1) is 29.0. The Labute approximate surface area is 260 Å². The van der Waals surface area contributed by atoms with Crippen molar-refractivity contribution < 1.29 is 14.4 Å². The molecule has 3 heterocycles. The van der Waals surface area contributed by atoms with E-state index in [1.807, 2.05) is 85.8 Å². The van der Waals surface area contributed by atoms with Crippen LogP contribution in [0.15, 0.2) is 78.9 Å². The normalized spacial score (nSPS) is 17.0. The Morgan fingerprint density at radius 3 is 2.23 bits per heavy atom. The molecule has 0 radical (unpaired) electrons. The molecule has 43 heavy (non-hydrogen) atoms. The zero-order chi connectivity index (χ0) is 30.1. The average molecular weight is 614 g/mol. The minimum absolute atomic E-state index is 0.00230. The van der Waals surface area contributed by atoms with E-state index in [9.17, 15) is 14.4 Å². The number of piperazine rings is 1. The van der Waals surface area contributed by atoms with Gasteiger partial charge < -0.3 is 9.80 Å². The molecule has 1 saturated heterocycles. The molecule has 1 fully saturated rings. The number of fused-ring (bicyclic) bond motifs is 1. The van der Waals surface area contributed by atoms with Crippen LogP contribution in [0, 0.1) is 6.92 Å². The minimum atomic E-state index is -0.304. The Morgan fingerprint density at radius 1 is 0.907 bits per heavy atom. The number of aromatic nitrogens is 2. The van der Waals surface area contributed by atoms with Crippen molar-refractivity contribution in [1.29, 1.82) is 0 Å². The lowest BCUT2D eigenvalue weighted by Gasteiger charge is -2.35. The summed E-state index contributed by atoms with van der Waals surface area (Å²) in [6, 6.07) is 25.6. The lowest BCUT2D eigenvalue weighted by atomic mass is 9.99. The largest absolute Gasteiger partial charge is 0.339 e. The summed E-state index contributed by atoms with van der Waals surface area (Å²) in [7, 11) is 0. The van der Waals surface area contributed by atoms with Crippen molar-refractivity contribution in [3.05, 3.63) is 101 Å². The van der Waals surface area contributed by atoms with Gasteiger partial charge in [-0.3, -0.25) is 19.3 Å². The topological polar surface area (TPSA) is 78.8 Å². The number of anilines is 1. The Hall–Kier alpha value is -4.08. The fourth-order valence-corrected chi connectivity index (χ4v) is 7.18. The first-order valence-corrected chi connectivity index (χ1v) is 15.7. The highest BCUT2D eigenvalue weighted by Gasteiger charge is 2.39. The van der Waals surface area contributed by atoms with Crippen molar-refractivity contribution >= 4 is 46.9 Å². The van der Waals surface area contributed by atoms with Crippen LogP contribution in [-0.2, 0) is 14.4 Å². The van der Waals surface area contributed by atoms with Crippen molar-refractivity contribution in [3.63, 3.8) is 0 Å². The molecular weight excluding hydrogens is 582 g/mol. The van der Waals surface area contributed by atoms with E-state index < -0.39 is 0 Å². The second kappa shape index (κ2) is 12.3. The van der Waals surface area contributed by atoms with Gasteiger partial charge >= 0.3 is 0 Å². The number of carbonyl (C=O) groups is 3. The van der Waals surface area contributed by atoms with Gasteiger partial charge in [0.25, 0.3) is 0 Å². The van der Waals surface area contributed by atoms with E-state index in [4.69, 9.17) is 16.7 Å². The highest BCUT2D eigenvalue weighted by molar-refractivity contribution is 8.00. The van der Waals surface area contributed by atoms with Crippen LogP contribution in [0.5, 0.6) is 0 Å². The molecule has 0 aliphatic carbocycles. The predicted molar refractivity (Wildman–Crippen MR) is 171 cm³/mol. The molecule has 0 saturated carbocycles. The number of hydrogen-bond acceptors (Lipinski definition) is 5. The lowest BCUT2D eigenvalue weighted by Crippen LogP contribution is -2.53. The molecule has 0 spiro atoms. The monoisotopic (exact) mass is 613 g/mol. The van der Waals surface area contributed by atoms with Gasteiger partial charge in [0.15, 0.2) is 0 Å². The first-order valence-electron chi connectivity index (χ1n) is 14.3. The maximum absolute atomic E-state index is 14.0. The summed E-state index contributed by atoms with van der Waals surface area (Å²) in [6.07, 6.45) is 0. The summed E-state index contributed by atoms with van der Waals surface area (Å²) in [4.78, 5) is 44.7. The molecule has 0 bridgehead atoms. The number of nitrogens with zero attached hydrogens (tertiary/aromatic N) is 5. The van der Waals surface area contributed by atoms with Gasteiger partial charge in [-0.05, 0) is 30.7 Å². The van der Waals surface area contributed by atoms with Gasteiger partial charge in [-0.2, -0.15) is 5.10 Å². The number of benzene rings is 3. The molecule has 10 heteroatoms. The maximum Gasteiger partial charge on any atom is 0.242 e. The quantitative estimate of drug-likeness (QED) is 0.303. The summed E-state index contributed by atoms with van der Waals surface area (Å²) >= 11 is 8.28. The maximum atomic E-state index is 14.0. The van der Waals surface area contributed by atoms with E-state index in [2.05, 4.69) is 0 Å². The van der Waals surface area contributed by atoms with E-state index in [0.717, 1.165) is 33.6 Å². The first-order chi connectivity index (χ1) is 20.8. The zero-order valence-electron chi connectivity index (χ0n) is 24.1. The molecule has 3 amide bonds. The molecular formula is C33H32ClN5O3S. The Balaban J connectivity index is 1.52. The van der Waals surface area contributed by atoms with Crippen molar-refractivity contribution in [2.75, 3.05) is 43.4 Å². The molecule has 6 rings (SSSR count). The van der Waals surface area contributed by atoms with E-state index in [-0.39, 0.29) is 35.3 Å². The minimum Gasteiger partial charge on any atom is -0.339 e. The number of thioether (sulfide) groups is 1. The van der Waals surface area contributed by atoms with Crippen molar-refractivity contribution in [2.24, 2.45) is 0 Å². The van der Waals surface area contributed by atoms with Crippen molar-refractivity contribution in [2.45, 2.75) is 19.1 Å². The second-order valence-corrected chi connectivity index (χ2v) is 12.3. The molecule has 220 valence electrons. The van der Waals surface area contributed by atoms with Crippen molar-refractivity contribution in [3.8, 4) is 16.9 Å². The predicted octanol–water partition coefficient (Wildman–Crippen LogP) is 5.36. The van der Waals surface area contributed by atoms with Crippen LogP contribution in [0.25, 0.3) is 16.9 Å². The van der Waals surface area contributed by atoms with E-state index >= 15 is 0 Å². The number of aryl methyl sites for hydroxylation is 1. The van der Waals surface area contributed by atoms with Gasteiger partial charge in [-0.1, -0.05) is 77.8 Å². The van der Waals surface area contributed by atoms with Crippen molar-refractivity contribution in [1.82, 2.24) is 19.6 Å². The summed E-state index contributed by atoms with van der Waals surface area (Å²) in [5, 5.41) is 5.44. The summed E-state index contributed by atoms with van der Waals surface area (Å²) < 4.78 is 1.80. The molecule has 1 aromatic heterocycles. The number of carbonyl (C=O) groups excluding carboxylic acids is 3. The van der Waals surface area contributed by atoms with Gasteiger partial charge in [-0.15, -0.1) is 11.8 Å². The summed E-state index contributed by atoms with van der Waals surface area (Å²) in [6.45, 7) is 5.24. The summed E-state index contributed by atoms with van der Waals surface area (Å²) in [5.41, 5.74) is 5.25. The average Bonchev–Trinajstić information content (AvgIpc) is 3.35. The smallest absolute Gasteiger partial charge is 0.242 e. The molecule has 2 aliphatic heterocycles. The van der Waals surface area contributed by atoms with Crippen LogP contribution in [0.3, 0.4) is 0 Å². The Bertz CT molecular complexity index is 1670. The fraction of sp³-hybridized carbons (Fsp3) is 0.273. The van der Waals surface area contributed by atoms with Gasteiger partial charge in [0.2, 0.25) is 17.7 Å². The van der Waals surface area contributed by atoms with E-state index in [0.29, 0.717) is 37.0 Å². The van der Waals surface area contributed by atoms with E-state index in [1.54, 1.807) is 26.3 Å². The SMILES string of the molecule is CC(=O)N1CCN(C(=O)CN2C(=O)CS[C@@H](c3ccccc3Cl)c3c(-c4ccccc4)nn(-c4ccc(C)cc4)c32)CC1. The zero-order valence-corrected chi connectivity index (χ0v) is 25.6. The third-order valence-corrected chi connectivity index (χ3v) is 9.55. The third-order valence-electron chi connectivity index (χ3n) is 7.97. The standard InChI is InChI=1S/C33H32ClN5O3S/c1-22-12-14-25(15-13-22)39-33-30(31(35-39)24-8-4-3-5-9-24)32(26-10-6-7-11-27(26)34)43-21-29(42)38(33)20-28(41)37-18-16-36(17-19-37)23(2)40/h3-15,32H,16-21H2,1-2H3/t32-/m0/s1. The molecule has 3 aromatic carbocycles. The van der Waals surface area contributed by atoms with Gasteiger partial charge in [0, 0.05) is 49.3 Å². The molecule has 2 aliphatic rings. The summed E-state index contributed by atoms with van der Waals surface area (Å²) in [5.74, 6) is 0.389. The lowest BCUT2D eigenvalue weighted by molar-refractivity contribution is -0.137. The van der Waals surface area contributed by atoms with Crippen LogP contribution < -0.4 is 4.90 Å². The number of rotatable bonds is 5. The van der Waals surface area contributed by atoms with Crippen LogP contribution in [0.4, 0.5) is 5.82 Å². The molecule has 0 unspecified atom stereocenters. The molecule has 1 atom stereocenters. The van der Waals surface area contributed by atoms with Gasteiger partial charge in [-0.25, -0.2) is 4.68 Å². The van der Waals surface area contributed by atoms with E-state index in [1.165, 1.54) is 11.8 Å². The van der Waals surface area contributed by atoms with Crippen LogP contribution in [0.2, 0.25) is 5.02 Å². The number of halogens is 1. The Kier molecular flexibility index (Phi) is 8.27.